The third-order valence-corrected chi connectivity index (χ3v) is 7.90. The zero-order valence-corrected chi connectivity index (χ0v) is 27.6. The monoisotopic (exact) mass is 635 g/mol. The molecule has 0 aliphatic carbocycles. The van der Waals surface area contributed by atoms with E-state index in [9.17, 15) is 19.6 Å². The van der Waals surface area contributed by atoms with Crippen molar-refractivity contribution in [1.82, 2.24) is 10.6 Å². The van der Waals surface area contributed by atoms with Crippen molar-refractivity contribution in [3.8, 4) is 16.9 Å². The Hall–Kier alpha value is -4.60. The third kappa shape index (κ3) is 11.0. The molecule has 0 saturated carbocycles. The number of anilines is 1. The average molecular weight is 636 g/mol. The summed E-state index contributed by atoms with van der Waals surface area (Å²) in [4.78, 5) is 27.3. The van der Waals surface area contributed by atoms with E-state index in [1.54, 1.807) is 0 Å². The second kappa shape index (κ2) is 17.4. The van der Waals surface area contributed by atoms with Crippen LogP contribution in [-0.2, 0) is 22.6 Å². The Bertz CT molecular complexity index is 1550. The minimum Gasteiger partial charge on any atom is -0.489 e. The third-order valence-electron chi connectivity index (χ3n) is 7.90. The number of carbonyl (C=O) groups is 2. The molecule has 0 saturated heterocycles. The lowest BCUT2D eigenvalue weighted by Crippen LogP contribution is -2.57. The maximum Gasteiger partial charge on any atom is 0.475 e. The predicted octanol–water partition coefficient (Wildman–Crippen LogP) is 5.64. The van der Waals surface area contributed by atoms with Crippen LogP contribution in [0.4, 0.5) is 5.69 Å². The van der Waals surface area contributed by atoms with E-state index in [0.717, 1.165) is 33.7 Å². The van der Waals surface area contributed by atoms with Crippen molar-refractivity contribution >= 4 is 24.6 Å². The molecule has 4 aromatic rings. The SMILES string of the molecule is CC(C)C[C@H](NC(=O)[C@@H](NC(=O)[C@H](Cc1ccc(OCc2ccccc2)cc1)Nc1cccc(-c2ccccc2)c1)C(C)C)B(O)O. The van der Waals surface area contributed by atoms with Crippen molar-refractivity contribution in [3.63, 3.8) is 0 Å². The van der Waals surface area contributed by atoms with Gasteiger partial charge in [0.25, 0.3) is 0 Å². The first-order valence-corrected chi connectivity index (χ1v) is 16.2. The summed E-state index contributed by atoms with van der Waals surface area (Å²) < 4.78 is 5.95. The van der Waals surface area contributed by atoms with Gasteiger partial charge in [-0.2, -0.15) is 0 Å². The van der Waals surface area contributed by atoms with Gasteiger partial charge < -0.3 is 30.7 Å². The summed E-state index contributed by atoms with van der Waals surface area (Å²) >= 11 is 0. The lowest BCUT2D eigenvalue weighted by atomic mass is 9.75. The maximum atomic E-state index is 14.0. The summed E-state index contributed by atoms with van der Waals surface area (Å²) in [5.74, 6) is -1.06. The van der Waals surface area contributed by atoms with E-state index in [1.165, 1.54) is 0 Å². The second-order valence-corrected chi connectivity index (χ2v) is 12.7. The molecule has 9 heteroatoms. The normalized spacial score (nSPS) is 13.0. The Morgan fingerprint density at radius 1 is 0.723 bits per heavy atom. The number of benzene rings is 4. The molecule has 0 fully saturated rings. The van der Waals surface area contributed by atoms with Gasteiger partial charge in [-0.15, -0.1) is 0 Å². The molecule has 0 aromatic heterocycles. The molecule has 0 unspecified atom stereocenters. The van der Waals surface area contributed by atoms with Gasteiger partial charge in [0.05, 0.1) is 5.94 Å². The van der Waals surface area contributed by atoms with Gasteiger partial charge in [0.15, 0.2) is 0 Å². The van der Waals surface area contributed by atoms with Crippen LogP contribution in [0.15, 0.2) is 109 Å². The van der Waals surface area contributed by atoms with Gasteiger partial charge in [0, 0.05) is 12.1 Å². The highest BCUT2D eigenvalue weighted by Gasteiger charge is 2.32. The van der Waals surface area contributed by atoms with Gasteiger partial charge in [-0.3, -0.25) is 9.59 Å². The molecule has 0 spiro atoms. The van der Waals surface area contributed by atoms with E-state index in [2.05, 4.69) is 16.0 Å². The van der Waals surface area contributed by atoms with Gasteiger partial charge >= 0.3 is 7.12 Å². The van der Waals surface area contributed by atoms with Crippen molar-refractivity contribution in [1.29, 1.82) is 0 Å². The van der Waals surface area contributed by atoms with E-state index in [0.29, 0.717) is 19.4 Å². The first-order chi connectivity index (χ1) is 22.6. The molecule has 4 rings (SSSR count). The molecule has 0 aliphatic rings. The van der Waals surface area contributed by atoms with Crippen molar-refractivity contribution < 1.29 is 24.4 Å². The van der Waals surface area contributed by atoms with Crippen LogP contribution in [-0.4, -0.2) is 47.0 Å². The predicted molar refractivity (Wildman–Crippen MR) is 189 cm³/mol. The Kier molecular flexibility index (Phi) is 13.0. The summed E-state index contributed by atoms with van der Waals surface area (Å²) in [5, 5.41) is 28.9. The van der Waals surface area contributed by atoms with E-state index in [1.807, 2.05) is 137 Å². The van der Waals surface area contributed by atoms with Gasteiger partial charge in [0.1, 0.15) is 24.4 Å². The average Bonchev–Trinajstić information content (AvgIpc) is 3.06. The molecule has 4 aromatic carbocycles. The molecule has 0 aliphatic heterocycles. The van der Waals surface area contributed by atoms with E-state index in [4.69, 9.17) is 4.74 Å². The summed E-state index contributed by atoms with van der Waals surface area (Å²) in [7, 11) is -1.71. The molecule has 47 heavy (non-hydrogen) atoms. The first kappa shape index (κ1) is 35.3. The van der Waals surface area contributed by atoms with Crippen LogP contribution in [0.2, 0.25) is 0 Å². The number of amides is 2. The zero-order valence-electron chi connectivity index (χ0n) is 27.6. The molecule has 8 nitrogen and oxygen atoms in total. The molecular weight excluding hydrogens is 589 g/mol. The largest absolute Gasteiger partial charge is 0.489 e. The maximum absolute atomic E-state index is 14.0. The van der Waals surface area contributed by atoms with Gasteiger partial charge in [-0.25, -0.2) is 0 Å². The highest BCUT2D eigenvalue weighted by molar-refractivity contribution is 6.43. The quantitative estimate of drug-likeness (QED) is 0.102. The highest BCUT2D eigenvalue weighted by Crippen LogP contribution is 2.24. The molecule has 5 N–H and O–H groups in total. The van der Waals surface area contributed by atoms with Crippen LogP contribution in [0, 0.1) is 11.8 Å². The number of rotatable bonds is 16. The fraction of sp³-hybridized carbons (Fsp3) is 0.316. The lowest BCUT2D eigenvalue weighted by molar-refractivity contribution is -0.130. The van der Waals surface area contributed by atoms with Crippen molar-refractivity contribution in [3.05, 3.63) is 120 Å². The number of hydrogen-bond donors (Lipinski definition) is 5. The zero-order chi connectivity index (χ0) is 33.8. The van der Waals surface area contributed by atoms with E-state index >= 15 is 0 Å². The standard InChI is InChI=1S/C38H46BN3O5/c1-26(2)22-35(39(45)46)41-38(44)36(27(3)4)42-37(43)34(40-32-17-11-16-31(24-32)30-14-9-6-10-15-30)23-28-18-20-33(21-19-28)47-25-29-12-7-5-8-13-29/h5-21,24,26-27,34-36,40,45-46H,22-23,25H2,1-4H3,(H,41,44)(H,42,43)/t34-,35-,36-/m0/s1. The van der Waals surface area contributed by atoms with Crippen LogP contribution in [0.1, 0.15) is 45.2 Å². The van der Waals surface area contributed by atoms with Crippen LogP contribution in [0.3, 0.4) is 0 Å². The Morgan fingerprint density at radius 3 is 1.98 bits per heavy atom. The summed E-state index contributed by atoms with van der Waals surface area (Å²) in [6, 6.07) is 33.9. The molecular formula is C38H46BN3O5. The van der Waals surface area contributed by atoms with Gasteiger partial charge in [-0.1, -0.05) is 113 Å². The number of nitrogens with one attached hydrogen (secondary N) is 3. The molecule has 246 valence electrons. The van der Waals surface area contributed by atoms with Crippen LogP contribution in [0.5, 0.6) is 5.75 Å². The summed E-state index contributed by atoms with van der Waals surface area (Å²) in [6.07, 6.45) is 0.729. The van der Waals surface area contributed by atoms with Crippen LogP contribution < -0.4 is 20.7 Å². The van der Waals surface area contributed by atoms with Crippen molar-refractivity contribution in [2.75, 3.05) is 5.32 Å². The number of hydrogen-bond acceptors (Lipinski definition) is 6. The molecule has 0 heterocycles. The number of ether oxygens (including phenoxy) is 1. The highest BCUT2D eigenvalue weighted by atomic mass is 16.5. The fourth-order valence-electron chi connectivity index (χ4n) is 5.35. The molecule has 0 bridgehead atoms. The fourth-order valence-corrected chi connectivity index (χ4v) is 5.35. The van der Waals surface area contributed by atoms with Crippen molar-refractivity contribution in [2.24, 2.45) is 11.8 Å². The lowest BCUT2D eigenvalue weighted by Gasteiger charge is -2.28. The smallest absolute Gasteiger partial charge is 0.475 e. The molecule has 2 amide bonds. The Labute approximate surface area is 278 Å². The van der Waals surface area contributed by atoms with Gasteiger partial charge in [-0.05, 0) is 64.8 Å². The van der Waals surface area contributed by atoms with Crippen LogP contribution in [0.25, 0.3) is 11.1 Å². The summed E-state index contributed by atoms with van der Waals surface area (Å²) in [5.41, 5.74) is 4.81. The number of carbonyl (C=O) groups excluding carboxylic acids is 2. The second-order valence-electron chi connectivity index (χ2n) is 12.7. The Morgan fingerprint density at radius 2 is 1.36 bits per heavy atom. The van der Waals surface area contributed by atoms with E-state index in [-0.39, 0.29) is 17.7 Å². The topological polar surface area (TPSA) is 120 Å². The minimum absolute atomic E-state index is 0.129. The van der Waals surface area contributed by atoms with Crippen molar-refractivity contribution in [2.45, 2.75) is 65.2 Å². The van der Waals surface area contributed by atoms with Gasteiger partial charge in [0.2, 0.25) is 11.8 Å². The molecule has 3 atom stereocenters. The van der Waals surface area contributed by atoms with E-state index < -0.39 is 31.1 Å². The minimum atomic E-state index is -1.71. The van der Waals surface area contributed by atoms with Crippen LogP contribution >= 0.6 is 0 Å². The molecule has 0 radical (unpaired) electrons. The summed E-state index contributed by atoms with van der Waals surface area (Å²) in [6.45, 7) is 8.02. The first-order valence-electron chi connectivity index (χ1n) is 16.2. The Balaban J connectivity index is 1.53.